The lowest BCUT2D eigenvalue weighted by atomic mass is 9.99. The summed E-state index contributed by atoms with van der Waals surface area (Å²) in [5.74, 6) is 5.77. The van der Waals surface area contributed by atoms with Gasteiger partial charge in [0.15, 0.2) is 23.8 Å². The molecule has 0 aromatic carbocycles. The van der Waals surface area contributed by atoms with Gasteiger partial charge in [0.05, 0.1) is 18.9 Å². The number of nitrogen functional groups attached to an aromatic ring is 1. The fraction of sp³-hybridized carbons (Fsp3) is 0.591. The van der Waals surface area contributed by atoms with E-state index in [4.69, 9.17) is 10.5 Å². The van der Waals surface area contributed by atoms with Gasteiger partial charge in [0.25, 0.3) is 5.91 Å². The number of rotatable bonds is 5. The van der Waals surface area contributed by atoms with Crippen LogP contribution in [0, 0.1) is 11.8 Å². The molecule has 2 fully saturated rings. The Balaban J connectivity index is 1.58. The molecule has 2 aromatic heterocycles. The highest BCUT2D eigenvalue weighted by atomic mass is 16.6. The van der Waals surface area contributed by atoms with Crippen LogP contribution in [0.15, 0.2) is 6.33 Å². The Morgan fingerprint density at radius 2 is 2.09 bits per heavy atom. The molecular formula is C22H29N7O5. The summed E-state index contributed by atoms with van der Waals surface area (Å²) in [6, 6.07) is -0.122. The normalized spacial score (nSPS) is 27.4. The van der Waals surface area contributed by atoms with Gasteiger partial charge in [-0.3, -0.25) is 19.1 Å². The predicted molar refractivity (Wildman–Crippen MR) is 121 cm³/mol. The number of aliphatic hydroxyl groups excluding tert-OH is 2. The van der Waals surface area contributed by atoms with E-state index in [9.17, 15) is 19.8 Å². The van der Waals surface area contributed by atoms with Crippen molar-refractivity contribution in [1.29, 1.82) is 0 Å². The zero-order chi connectivity index (χ0) is 24.4. The number of ether oxygens (including phenoxy) is 1. The maximum Gasteiger partial charge on any atom is 0.252 e. The third-order valence-electron chi connectivity index (χ3n) is 6.14. The van der Waals surface area contributed by atoms with Gasteiger partial charge in [-0.1, -0.05) is 12.3 Å². The smallest absolute Gasteiger partial charge is 0.252 e. The maximum atomic E-state index is 12.2. The number of carbonyl (C=O) groups excluding carboxylic acids is 2. The van der Waals surface area contributed by atoms with Gasteiger partial charge in [-0.25, -0.2) is 15.0 Å². The summed E-state index contributed by atoms with van der Waals surface area (Å²) < 4.78 is 7.07. The summed E-state index contributed by atoms with van der Waals surface area (Å²) in [6.07, 6.45) is -0.921. The number of piperidine rings is 1. The van der Waals surface area contributed by atoms with E-state index in [1.54, 1.807) is 13.8 Å². The van der Waals surface area contributed by atoms with Crippen molar-refractivity contribution in [3.05, 3.63) is 12.2 Å². The number of likely N-dealkylation sites (tertiary alicyclic amines) is 1. The number of nitrogens with two attached hydrogens (primary N) is 1. The molecule has 4 heterocycles. The SMILES string of the molecule is CCNC(=O)[C@H]1O[C@@H](n2cnc3c(N)nc(C#CCN4CCCCC4C(C)=O)nc32)[C@@H](O)C1O. The highest BCUT2D eigenvalue weighted by Gasteiger charge is 2.47. The van der Waals surface area contributed by atoms with Crippen LogP contribution in [-0.4, -0.2) is 90.3 Å². The summed E-state index contributed by atoms with van der Waals surface area (Å²) >= 11 is 0. The first kappa shape index (κ1) is 24.0. The number of hydrogen-bond acceptors (Lipinski definition) is 10. The van der Waals surface area contributed by atoms with E-state index in [0.29, 0.717) is 13.1 Å². The lowest BCUT2D eigenvalue weighted by Crippen LogP contribution is -2.43. The molecular weight excluding hydrogens is 442 g/mol. The predicted octanol–water partition coefficient (Wildman–Crippen LogP) is -1.04. The number of nitrogens with one attached hydrogen (secondary N) is 1. The highest BCUT2D eigenvalue weighted by molar-refractivity contribution is 5.83. The molecule has 1 amide bonds. The minimum atomic E-state index is -1.42. The third kappa shape index (κ3) is 4.60. The quantitative estimate of drug-likeness (QED) is 0.395. The highest BCUT2D eigenvalue weighted by Crippen LogP contribution is 2.32. The van der Waals surface area contributed by atoms with Crippen LogP contribution in [0.25, 0.3) is 11.2 Å². The van der Waals surface area contributed by atoms with Crippen molar-refractivity contribution in [3.8, 4) is 11.8 Å². The van der Waals surface area contributed by atoms with Crippen LogP contribution in [-0.2, 0) is 14.3 Å². The first-order chi connectivity index (χ1) is 16.3. The van der Waals surface area contributed by atoms with E-state index in [1.165, 1.54) is 10.9 Å². The van der Waals surface area contributed by atoms with Crippen molar-refractivity contribution in [3.63, 3.8) is 0 Å². The van der Waals surface area contributed by atoms with E-state index in [2.05, 4.69) is 37.0 Å². The number of Topliss-reactive ketones (excluding diaryl/α,β-unsaturated/α-hetero) is 1. The monoisotopic (exact) mass is 471 g/mol. The second-order valence-corrected chi connectivity index (χ2v) is 8.47. The molecule has 0 bridgehead atoms. The Morgan fingerprint density at radius 1 is 1.29 bits per heavy atom. The van der Waals surface area contributed by atoms with Crippen molar-refractivity contribution >= 4 is 28.7 Å². The third-order valence-corrected chi connectivity index (χ3v) is 6.14. The molecule has 5 atom stereocenters. The molecule has 182 valence electrons. The molecule has 2 saturated heterocycles. The molecule has 5 N–H and O–H groups in total. The van der Waals surface area contributed by atoms with Crippen LogP contribution in [0.2, 0.25) is 0 Å². The largest absolute Gasteiger partial charge is 0.387 e. The fourth-order valence-electron chi connectivity index (χ4n) is 4.42. The van der Waals surface area contributed by atoms with Crippen LogP contribution in [0.5, 0.6) is 0 Å². The summed E-state index contributed by atoms with van der Waals surface area (Å²) in [5.41, 5.74) is 6.59. The topological polar surface area (TPSA) is 169 Å². The number of amides is 1. The van der Waals surface area contributed by atoms with Gasteiger partial charge in [0.2, 0.25) is 5.82 Å². The van der Waals surface area contributed by atoms with Crippen LogP contribution in [0.1, 0.15) is 45.2 Å². The molecule has 12 nitrogen and oxygen atoms in total. The molecule has 12 heteroatoms. The number of ketones is 1. The molecule has 4 rings (SSSR count). The van der Waals surface area contributed by atoms with Crippen LogP contribution < -0.4 is 11.1 Å². The number of anilines is 1. The van der Waals surface area contributed by atoms with Crippen LogP contribution >= 0.6 is 0 Å². The maximum absolute atomic E-state index is 12.2. The molecule has 2 aliphatic heterocycles. The van der Waals surface area contributed by atoms with Gasteiger partial charge in [0, 0.05) is 6.54 Å². The Hall–Kier alpha value is -3.11. The summed E-state index contributed by atoms with van der Waals surface area (Å²) in [4.78, 5) is 38.9. The van der Waals surface area contributed by atoms with Gasteiger partial charge in [0.1, 0.15) is 23.5 Å². The van der Waals surface area contributed by atoms with Crippen molar-refractivity contribution in [2.45, 2.75) is 63.7 Å². The summed E-state index contributed by atoms with van der Waals surface area (Å²) in [5, 5.41) is 23.4. The summed E-state index contributed by atoms with van der Waals surface area (Å²) in [6.45, 7) is 4.90. The van der Waals surface area contributed by atoms with Gasteiger partial charge in [-0.15, -0.1) is 0 Å². The van der Waals surface area contributed by atoms with E-state index in [-0.39, 0.29) is 34.6 Å². The van der Waals surface area contributed by atoms with Gasteiger partial charge < -0.3 is 26.0 Å². The zero-order valence-corrected chi connectivity index (χ0v) is 19.1. The number of likely N-dealkylation sites (N-methyl/N-ethyl adjacent to an activating group) is 1. The van der Waals surface area contributed by atoms with E-state index in [1.807, 2.05) is 0 Å². The summed E-state index contributed by atoms with van der Waals surface area (Å²) in [7, 11) is 0. The van der Waals surface area contributed by atoms with Crippen molar-refractivity contribution in [2.24, 2.45) is 0 Å². The number of nitrogens with zero attached hydrogens (tertiary/aromatic N) is 5. The Morgan fingerprint density at radius 3 is 2.82 bits per heavy atom. The molecule has 2 aliphatic rings. The van der Waals surface area contributed by atoms with Crippen molar-refractivity contribution < 1.29 is 24.5 Å². The second kappa shape index (κ2) is 10.0. The Kier molecular flexibility index (Phi) is 7.08. The van der Waals surface area contributed by atoms with Crippen molar-refractivity contribution in [2.75, 3.05) is 25.4 Å². The molecule has 0 spiro atoms. The average Bonchev–Trinajstić information content (AvgIpc) is 3.35. The first-order valence-electron chi connectivity index (χ1n) is 11.3. The number of aliphatic hydroxyl groups is 2. The molecule has 2 unspecified atom stereocenters. The van der Waals surface area contributed by atoms with E-state index < -0.39 is 30.4 Å². The number of carbonyl (C=O) groups is 2. The first-order valence-corrected chi connectivity index (χ1v) is 11.3. The molecule has 34 heavy (non-hydrogen) atoms. The zero-order valence-electron chi connectivity index (χ0n) is 19.1. The number of imidazole rings is 1. The molecule has 0 saturated carbocycles. The minimum absolute atomic E-state index is 0.0981. The van der Waals surface area contributed by atoms with Crippen molar-refractivity contribution in [1.82, 2.24) is 29.7 Å². The van der Waals surface area contributed by atoms with E-state index >= 15 is 0 Å². The molecule has 0 radical (unpaired) electrons. The number of aromatic nitrogens is 4. The molecule has 2 aromatic rings. The Bertz CT molecular complexity index is 1140. The van der Waals surface area contributed by atoms with Crippen LogP contribution in [0.4, 0.5) is 5.82 Å². The standard InChI is InChI=1S/C22H29N7O5/c1-3-24-21(33)18-16(31)17(32)22(34-18)29-11-25-15-19(23)26-14(27-20(15)29)8-6-10-28-9-5-4-7-13(28)12(2)30/h11,13,16-18,22,31-32H,3-5,7,9-10H2,1-2H3,(H,24,33)(H2,23,26,27)/t13?,16?,17-,18-,22+/m0/s1. The minimum Gasteiger partial charge on any atom is -0.387 e. The van der Waals surface area contributed by atoms with E-state index in [0.717, 1.165) is 25.8 Å². The fourth-order valence-corrected chi connectivity index (χ4v) is 4.42. The number of hydrogen-bond donors (Lipinski definition) is 4. The van der Waals surface area contributed by atoms with Gasteiger partial charge >= 0.3 is 0 Å². The van der Waals surface area contributed by atoms with Gasteiger partial charge in [-0.2, -0.15) is 0 Å². The Labute approximate surface area is 196 Å². The van der Waals surface area contributed by atoms with Gasteiger partial charge in [-0.05, 0) is 39.2 Å². The lowest BCUT2D eigenvalue weighted by Gasteiger charge is -2.32. The second-order valence-electron chi connectivity index (χ2n) is 8.47. The molecule has 0 aliphatic carbocycles. The average molecular weight is 472 g/mol. The number of fused-ring (bicyclic) bond motifs is 1. The van der Waals surface area contributed by atoms with Crippen LogP contribution in [0.3, 0.4) is 0 Å². The lowest BCUT2D eigenvalue weighted by molar-refractivity contribution is -0.137.